The largest absolute Gasteiger partial charge is 0.454 e. The van der Waals surface area contributed by atoms with Crippen molar-refractivity contribution < 1.29 is 9.47 Å². The molecule has 0 aliphatic carbocycles. The van der Waals surface area contributed by atoms with E-state index in [4.69, 9.17) is 15.2 Å². The van der Waals surface area contributed by atoms with Crippen molar-refractivity contribution in [3.05, 3.63) is 17.7 Å². The van der Waals surface area contributed by atoms with Gasteiger partial charge >= 0.3 is 0 Å². The molecule has 1 aliphatic rings. The number of hydrogen-bond acceptors (Lipinski definition) is 3. The normalized spacial score (nSPS) is 13.5. The van der Waals surface area contributed by atoms with Crippen molar-refractivity contribution in [1.29, 1.82) is 0 Å². The Morgan fingerprint density at radius 1 is 1.27 bits per heavy atom. The van der Waals surface area contributed by atoms with Crippen LogP contribution in [0, 0.1) is 6.92 Å². The summed E-state index contributed by atoms with van der Waals surface area (Å²) in [5.74, 6) is 1.53. The van der Waals surface area contributed by atoms with Crippen LogP contribution in [0.3, 0.4) is 0 Å². The van der Waals surface area contributed by atoms with Gasteiger partial charge in [0.25, 0.3) is 0 Å². The van der Waals surface area contributed by atoms with Gasteiger partial charge in [0.1, 0.15) is 0 Å². The van der Waals surface area contributed by atoms with Crippen molar-refractivity contribution in [2.24, 2.45) is 0 Å². The first-order valence-electron chi connectivity index (χ1n) is 3.43. The Hall–Kier alpha value is -1.38. The van der Waals surface area contributed by atoms with Gasteiger partial charge in [-0.3, -0.25) is 0 Å². The number of nitrogen functional groups attached to an aromatic ring is 1. The summed E-state index contributed by atoms with van der Waals surface area (Å²) < 4.78 is 10.3. The molecular formula is C8H9NO2. The molecule has 0 saturated carbocycles. The summed E-state index contributed by atoms with van der Waals surface area (Å²) in [4.78, 5) is 0. The lowest BCUT2D eigenvalue weighted by Gasteiger charge is -2.00. The number of hydrogen-bond donors (Lipinski definition) is 1. The molecule has 0 atom stereocenters. The Bertz CT molecular complexity index is 267. The zero-order valence-electron chi connectivity index (χ0n) is 6.26. The van der Waals surface area contributed by atoms with Crippen LogP contribution >= 0.6 is 0 Å². The Morgan fingerprint density at radius 2 is 1.91 bits per heavy atom. The first-order valence-corrected chi connectivity index (χ1v) is 3.43. The molecule has 1 aromatic rings. The third kappa shape index (κ3) is 0.888. The molecule has 0 radical (unpaired) electrons. The van der Waals surface area contributed by atoms with Crippen LogP contribution in [-0.4, -0.2) is 6.79 Å². The summed E-state index contributed by atoms with van der Waals surface area (Å²) in [5.41, 5.74) is 7.42. The van der Waals surface area contributed by atoms with E-state index in [-0.39, 0.29) is 0 Å². The van der Waals surface area contributed by atoms with E-state index in [1.54, 1.807) is 6.07 Å². The Morgan fingerprint density at radius 3 is 2.64 bits per heavy atom. The minimum atomic E-state index is 0.304. The van der Waals surface area contributed by atoms with Crippen LogP contribution in [0.2, 0.25) is 0 Å². The lowest BCUT2D eigenvalue weighted by atomic mass is 10.2. The molecular weight excluding hydrogens is 142 g/mol. The quantitative estimate of drug-likeness (QED) is 0.568. The SMILES string of the molecule is Cc1cc2c(cc1N)OCO2. The number of aryl methyl sites for hydroxylation is 1. The molecule has 2 N–H and O–H groups in total. The van der Waals surface area contributed by atoms with Crippen LogP contribution in [0.15, 0.2) is 12.1 Å². The number of rotatable bonds is 0. The molecule has 0 spiro atoms. The third-order valence-corrected chi connectivity index (χ3v) is 1.76. The van der Waals surface area contributed by atoms with E-state index in [9.17, 15) is 0 Å². The Balaban J connectivity index is 2.57. The fourth-order valence-corrected chi connectivity index (χ4v) is 1.06. The van der Waals surface area contributed by atoms with Gasteiger partial charge in [-0.05, 0) is 18.6 Å². The van der Waals surface area contributed by atoms with Gasteiger partial charge in [0.2, 0.25) is 6.79 Å². The molecule has 0 fully saturated rings. The van der Waals surface area contributed by atoms with Gasteiger partial charge in [-0.25, -0.2) is 0 Å². The summed E-state index contributed by atoms with van der Waals surface area (Å²) in [5, 5.41) is 0. The average Bonchev–Trinajstić information content (AvgIpc) is 2.36. The lowest BCUT2D eigenvalue weighted by Crippen LogP contribution is -1.92. The van der Waals surface area contributed by atoms with E-state index in [1.165, 1.54) is 0 Å². The van der Waals surface area contributed by atoms with Crippen molar-refractivity contribution in [3.8, 4) is 11.5 Å². The van der Waals surface area contributed by atoms with Gasteiger partial charge in [-0.2, -0.15) is 0 Å². The first kappa shape index (κ1) is 6.34. The lowest BCUT2D eigenvalue weighted by molar-refractivity contribution is 0.174. The van der Waals surface area contributed by atoms with E-state index < -0.39 is 0 Å². The number of ether oxygens (including phenoxy) is 2. The van der Waals surface area contributed by atoms with Gasteiger partial charge in [0.15, 0.2) is 11.5 Å². The Kier molecular flexibility index (Phi) is 1.18. The molecule has 3 nitrogen and oxygen atoms in total. The third-order valence-electron chi connectivity index (χ3n) is 1.76. The van der Waals surface area contributed by atoms with Crippen LogP contribution in [0.1, 0.15) is 5.56 Å². The molecule has 0 unspecified atom stereocenters. The highest BCUT2D eigenvalue weighted by Gasteiger charge is 2.13. The molecule has 11 heavy (non-hydrogen) atoms. The number of benzene rings is 1. The molecule has 58 valence electrons. The topological polar surface area (TPSA) is 44.5 Å². The highest BCUT2D eigenvalue weighted by molar-refractivity contribution is 5.58. The van der Waals surface area contributed by atoms with Crippen molar-refractivity contribution >= 4 is 5.69 Å². The van der Waals surface area contributed by atoms with Crippen LogP contribution < -0.4 is 15.2 Å². The van der Waals surface area contributed by atoms with E-state index in [0.717, 1.165) is 22.7 Å². The highest BCUT2D eigenvalue weighted by atomic mass is 16.7. The van der Waals surface area contributed by atoms with Crippen molar-refractivity contribution in [3.63, 3.8) is 0 Å². The molecule has 1 aliphatic heterocycles. The van der Waals surface area contributed by atoms with Crippen LogP contribution in [-0.2, 0) is 0 Å². The minimum absolute atomic E-state index is 0.304. The summed E-state index contributed by atoms with van der Waals surface area (Å²) in [6, 6.07) is 3.68. The maximum atomic E-state index is 5.66. The number of fused-ring (bicyclic) bond motifs is 1. The Labute approximate surface area is 64.7 Å². The molecule has 0 saturated heterocycles. The predicted octanol–water partition coefficient (Wildman–Crippen LogP) is 1.31. The van der Waals surface area contributed by atoms with E-state index in [2.05, 4.69) is 0 Å². The van der Waals surface area contributed by atoms with Crippen LogP contribution in [0.5, 0.6) is 11.5 Å². The van der Waals surface area contributed by atoms with E-state index in [1.807, 2.05) is 13.0 Å². The molecule has 3 heteroatoms. The smallest absolute Gasteiger partial charge is 0.231 e. The maximum Gasteiger partial charge on any atom is 0.231 e. The fraction of sp³-hybridized carbons (Fsp3) is 0.250. The second-order valence-electron chi connectivity index (χ2n) is 2.56. The van der Waals surface area contributed by atoms with Gasteiger partial charge in [0, 0.05) is 11.8 Å². The standard InChI is InChI=1S/C8H9NO2/c1-5-2-7-8(3-6(5)9)11-4-10-7/h2-3H,4,9H2,1H3. The van der Waals surface area contributed by atoms with Gasteiger partial charge in [0.05, 0.1) is 0 Å². The van der Waals surface area contributed by atoms with Gasteiger partial charge < -0.3 is 15.2 Å². The van der Waals surface area contributed by atoms with E-state index in [0.29, 0.717) is 6.79 Å². The molecule has 1 aromatic carbocycles. The summed E-state index contributed by atoms with van der Waals surface area (Å²) in [6.45, 7) is 2.25. The molecule has 1 heterocycles. The first-order chi connectivity index (χ1) is 5.27. The molecule has 0 bridgehead atoms. The van der Waals surface area contributed by atoms with Gasteiger partial charge in [-0.1, -0.05) is 0 Å². The van der Waals surface area contributed by atoms with Crippen molar-refractivity contribution in [2.75, 3.05) is 12.5 Å². The second kappa shape index (κ2) is 2.05. The van der Waals surface area contributed by atoms with Crippen LogP contribution in [0.4, 0.5) is 5.69 Å². The summed E-state index contributed by atoms with van der Waals surface area (Å²) >= 11 is 0. The van der Waals surface area contributed by atoms with Crippen molar-refractivity contribution in [1.82, 2.24) is 0 Å². The number of nitrogens with two attached hydrogens (primary N) is 1. The van der Waals surface area contributed by atoms with E-state index >= 15 is 0 Å². The summed E-state index contributed by atoms with van der Waals surface area (Å²) in [6.07, 6.45) is 0. The summed E-state index contributed by atoms with van der Waals surface area (Å²) in [7, 11) is 0. The molecule has 0 amide bonds. The molecule has 2 rings (SSSR count). The van der Waals surface area contributed by atoms with Crippen molar-refractivity contribution in [2.45, 2.75) is 6.92 Å². The minimum Gasteiger partial charge on any atom is -0.454 e. The monoisotopic (exact) mass is 151 g/mol. The molecule has 0 aromatic heterocycles. The zero-order chi connectivity index (χ0) is 7.84. The second-order valence-corrected chi connectivity index (χ2v) is 2.56. The fourth-order valence-electron chi connectivity index (χ4n) is 1.06. The zero-order valence-corrected chi connectivity index (χ0v) is 6.26. The highest BCUT2D eigenvalue weighted by Crippen LogP contribution is 2.35. The average molecular weight is 151 g/mol. The predicted molar refractivity (Wildman–Crippen MR) is 41.7 cm³/mol. The number of anilines is 1. The maximum absolute atomic E-state index is 5.66. The van der Waals surface area contributed by atoms with Crippen LogP contribution in [0.25, 0.3) is 0 Å². The van der Waals surface area contributed by atoms with Gasteiger partial charge in [-0.15, -0.1) is 0 Å².